The summed E-state index contributed by atoms with van der Waals surface area (Å²) in [5.74, 6) is -0.754. The van der Waals surface area contributed by atoms with E-state index in [2.05, 4.69) is 10.1 Å². The van der Waals surface area contributed by atoms with E-state index in [0.717, 1.165) is 24.1 Å². The van der Waals surface area contributed by atoms with E-state index >= 15 is 0 Å². The summed E-state index contributed by atoms with van der Waals surface area (Å²) in [5.41, 5.74) is 1.83. The second kappa shape index (κ2) is 9.40. The molecule has 0 amide bonds. The number of carboxylic acids is 1. The van der Waals surface area contributed by atoms with Gasteiger partial charge in [0.05, 0.1) is 12.9 Å². The molecule has 0 saturated heterocycles. The Morgan fingerprint density at radius 3 is 2.74 bits per heavy atom. The first-order valence-corrected chi connectivity index (χ1v) is 7.67. The first-order valence-electron chi connectivity index (χ1n) is 7.67. The Morgan fingerprint density at radius 1 is 1.22 bits per heavy atom. The zero-order valence-electron chi connectivity index (χ0n) is 13.0. The molecule has 1 heterocycles. The van der Waals surface area contributed by atoms with Gasteiger partial charge in [-0.1, -0.05) is 35.5 Å². The number of rotatable bonds is 10. The molecule has 1 N–H and O–H groups in total. The molecule has 0 atom stereocenters. The van der Waals surface area contributed by atoms with Crippen molar-refractivity contribution in [3.8, 4) is 0 Å². The Hall–Kier alpha value is -2.63. The SMILES string of the molecule is O=C(O)CCCCCO/N=C(\Cn1ccnc1)c1ccccc1. The summed E-state index contributed by atoms with van der Waals surface area (Å²) >= 11 is 0. The molecule has 0 radical (unpaired) electrons. The second-order valence-corrected chi connectivity index (χ2v) is 5.18. The molecule has 0 saturated carbocycles. The number of unbranched alkanes of at least 4 members (excludes halogenated alkanes) is 2. The smallest absolute Gasteiger partial charge is 0.303 e. The molecule has 1 aromatic carbocycles. The van der Waals surface area contributed by atoms with Gasteiger partial charge in [-0.05, 0) is 19.3 Å². The van der Waals surface area contributed by atoms with Crippen molar-refractivity contribution in [3.05, 3.63) is 54.6 Å². The average molecular weight is 315 g/mol. The van der Waals surface area contributed by atoms with Crippen LogP contribution in [-0.2, 0) is 16.2 Å². The fourth-order valence-electron chi connectivity index (χ4n) is 2.10. The van der Waals surface area contributed by atoms with E-state index in [1.54, 1.807) is 12.5 Å². The van der Waals surface area contributed by atoms with Crippen LogP contribution >= 0.6 is 0 Å². The van der Waals surface area contributed by atoms with Crippen molar-refractivity contribution >= 4 is 11.7 Å². The van der Waals surface area contributed by atoms with Gasteiger partial charge in [-0.25, -0.2) is 4.98 Å². The van der Waals surface area contributed by atoms with Gasteiger partial charge in [0.15, 0.2) is 0 Å². The lowest BCUT2D eigenvalue weighted by Crippen LogP contribution is -2.11. The number of carboxylic acid groups (broad SMARTS) is 1. The molecule has 0 unspecified atom stereocenters. The molecule has 1 aromatic heterocycles. The predicted molar refractivity (Wildman–Crippen MR) is 87.3 cm³/mol. The second-order valence-electron chi connectivity index (χ2n) is 5.18. The molecular formula is C17H21N3O3. The van der Waals surface area contributed by atoms with Crippen LogP contribution < -0.4 is 0 Å². The van der Waals surface area contributed by atoms with Crippen molar-refractivity contribution in [1.29, 1.82) is 0 Å². The van der Waals surface area contributed by atoms with Crippen LogP contribution in [-0.4, -0.2) is 32.9 Å². The molecule has 0 aliphatic rings. The van der Waals surface area contributed by atoms with Crippen LogP contribution in [0.1, 0.15) is 31.2 Å². The third kappa shape index (κ3) is 6.34. The largest absolute Gasteiger partial charge is 0.481 e. The first-order chi connectivity index (χ1) is 11.3. The first kappa shape index (κ1) is 16.7. The standard InChI is InChI=1S/C17H21N3O3/c21-17(22)9-5-2-6-12-23-19-16(13-20-11-10-18-14-20)15-7-3-1-4-8-15/h1,3-4,7-8,10-11,14H,2,5-6,9,12-13H2,(H,21,22)/b19-16+. The molecule has 0 aliphatic carbocycles. The van der Waals surface area contributed by atoms with E-state index in [1.807, 2.05) is 41.1 Å². The summed E-state index contributed by atoms with van der Waals surface area (Å²) in [7, 11) is 0. The molecule has 0 fully saturated rings. The van der Waals surface area contributed by atoms with Crippen molar-refractivity contribution in [2.75, 3.05) is 6.61 Å². The molecule has 122 valence electrons. The molecule has 2 rings (SSSR count). The van der Waals surface area contributed by atoms with E-state index in [1.165, 1.54) is 0 Å². The highest BCUT2D eigenvalue weighted by molar-refractivity contribution is 6.00. The number of imidazole rings is 1. The van der Waals surface area contributed by atoms with E-state index in [-0.39, 0.29) is 6.42 Å². The van der Waals surface area contributed by atoms with Crippen LogP contribution in [0.15, 0.2) is 54.2 Å². The van der Waals surface area contributed by atoms with Crippen molar-refractivity contribution in [2.45, 2.75) is 32.2 Å². The highest BCUT2D eigenvalue weighted by Gasteiger charge is 2.05. The number of aromatic nitrogens is 2. The Morgan fingerprint density at radius 2 is 2.04 bits per heavy atom. The fraction of sp³-hybridized carbons (Fsp3) is 0.353. The zero-order chi connectivity index (χ0) is 16.3. The summed E-state index contributed by atoms with van der Waals surface area (Å²) < 4.78 is 1.93. The molecule has 23 heavy (non-hydrogen) atoms. The molecule has 0 bridgehead atoms. The number of hydrogen-bond donors (Lipinski definition) is 1. The number of nitrogens with zero attached hydrogens (tertiary/aromatic N) is 3. The summed E-state index contributed by atoms with van der Waals surface area (Å²) in [6.45, 7) is 1.07. The molecule has 2 aromatic rings. The minimum Gasteiger partial charge on any atom is -0.481 e. The lowest BCUT2D eigenvalue weighted by atomic mass is 10.1. The van der Waals surface area contributed by atoms with E-state index in [4.69, 9.17) is 9.94 Å². The highest BCUT2D eigenvalue weighted by atomic mass is 16.6. The van der Waals surface area contributed by atoms with Gasteiger partial charge in [0.2, 0.25) is 0 Å². The Balaban J connectivity index is 1.85. The van der Waals surface area contributed by atoms with Gasteiger partial charge in [-0.15, -0.1) is 0 Å². The molecule has 6 nitrogen and oxygen atoms in total. The van der Waals surface area contributed by atoms with Crippen LogP contribution in [0.25, 0.3) is 0 Å². The molecule has 0 aliphatic heterocycles. The summed E-state index contributed by atoms with van der Waals surface area (Å²) in [4.78, 5) is 19.9. The van der Waals surface area contributed by atoms with Crippen LogP contribution in [0.4, 0.5) is 0 Å². The lowest BCUT2D eigenvalue weighted by Gasteiger charge is -2.08. The Kier molecular flexibility index (Phi) is 6.84. The zero-order valence-corrected chi connectivity index (χ0v) is 13.0. The van der Waals surface area contributed by atoms with Crippen molar-refractivity contribution in [1.82, 2.24) is 9.55 Å². The van der Waals surface area contributed by atoms with Crippen molar-refractivity contribution < 1.29 is 14.7 Å². The van der Waals surface area contributed by atoms with Gasteiger partial charge < -0.3 is 14.5 Å². The number of benzene rings is 1. The predicted octanol–water partition coefficient (Wildman–Crippen LogP) is 2.95. The van der Waals surface area contributed by atoms with Gasteiger partial charge in [0.25, 0.3) is 0 Å². The topological polar surface area (TPSA) is 76.7 Å². The van der Waals surface area contributed by atoms with E-state index in [0.29, 0.717) is 19.6 Å². The van der Waals surface area contributed by atoms with Gasteiger partial charge in [-0.3, -0.25) is 4.79 Å². The quantitative estimate of drug-likeness (QED) is 0.415. The maximum Gasteiger partial charge on any atom is 0.303 e. The normalized spacial score (nSPS) is 11.4. The maximum absolute atomic E-state index is 10.4. The van der Waals surface area contributed by atoms with Gasteiger partial charge >= 0.3 is 5.97 Å². The Labute approximate surface area is 135 Å². The van der Waals surface area contributed by atoms with Crippen LogP contribution in [0, 0.1) is 0 Å². The maximum atomic E-state index is 10.4. The summed E-state index contributed by atoms with van der Waals surface area (Å²) in [6, 6.07) is 9.87. The third-order valence-corrected chi connectivity index (χ3v) is 3.30. The minimum atomic E-state index is -0.754. The summed E-state index contributed by atoms with van der Waals surface area (Å²) in [6.07, 6.45) is 7.84. The fourth-order valence-corrected chi connectivity index (χ4v) is 2.10. The van der Waals surface area contributed by atoms with E-state index in [9.17, 15) is 4.79 Å². The number of aliphatic carboxylic acids is 1. The Bertz CT molecular complexity index is 609. The van der Waals surface area contributed by atoms with Crippen LogP contribution in [0.5, 0.6) is 0 Å². The minimum absolute atomic E-state index is 0.208. The molecule has 0 spiro atoms. The highest BCUT2D eigenvalue weighted by Crippen LogP contribution is 2.06. The van der Waals surface area contributed by atoms with E-state index < -0.39 is 5.97 Å². The van der Waals surface area contributed by atoms with Crippen molar-refractivity contribution in [2.24, 2.45) is 5.16 Å². The monoisotopic (exact) mass is 315 g/mol. The lowest BCUT2D eigenvalue weighted by molar-refractivity contribution is -0.137. The van der Waals surface area contributed by atoms with Gasteiger partial charge in [0.1, 0.15) is 12.3 Å². The van der Waals surface area contributed by atoms with Gasteiger partial charge in [0, 0.05) is 24.4 Å². The van der Waals surface area contributed by atoms with Crippen LogP contribution in [0.2, 0.25) is 0 Å². The molecule has 6 heteroatoms. The number of carbonyl (C=O) groups is 1. The van der Waals surface area contributed by atoms with Crippen LogP contribution in [0.3, 0.4) is 0 Å². The van der Waals surface area contributed by atoms with Gasteiger partial charge in [-0.2, -0.15) is 0 Å². The third-order valence-electron chi connectivity index (χ3n) is 3.30. The molecular weight excluding hydrogens is 294 g/mol. The van der Waals surface area contributed by atoms with Crippen molar-refractivity contribution in [3.63, 3.8) is 0 Å². The summed E-state index contributed by atoms with van der Waals surface area (Å²) in [5, 5.41) is 12.8. The number of hydrogen-bond acceptors (Lipinski definition) is 4. The number of oxime groups is 1. The average Bonchev–Trinajstić information content (AvgIpc) is 3.06.